The largest absolute Gasteiger partial charge is 0.552 e. The summed E-state index contributed by atoms with van der Waals surface area (Å²) in [5.41, 5.74) is 2.02. The first-order chi connectivity index (χ1) is 6.16. The van der Waals surface area contributed by atoms with Crippen LogP contribution in [0, 0.1) is 6.92 Å². The summed E-state index contributed by atoms with van der Waals surface area (Å²) in [5, 5.41) is 9.23. The van der Waals surface area contributed by atoms with Crippen LogP contribution in [0.1, 0.15) is 11.1 Å². The highest BCUT2D eigenvalue weighted by Gasteiger charge is 2.19. The Kier molecular flexibility index (Phi) is 2.18. The fourth-order valence-corrected chi connectivity index (χ4v) is 1.98. The van der Waals surface area contributed by atoms with E-state index in [1.165, 1.54) is 0 Å². The van der Waals surface area contributed by atoms with Crippen molar-refractivity contribution in [2.45, 2.75) is 6.92 Å². The van der Waals surface area contributed by atoms with E-state index in [1.54, 1.807) is 5.98 Å². The summed E-state index contributed by atoms with van der Waals surface area (Å²) >= 11 is 3.40. The topological polar surface area (TPSA) is 29.5 Å². The van der Waals surface area contributed by atoms with Crippen molar-refractivity contribution in [2.24, 2.45) is 0 Å². The summed E-state index contributed by atoms with van der Waals surface area (Å²) in [4.78, 5) is 0. The average Bonchev–Trinajstić information content (AvgIpc) is 2.06. The molecule has 1 aliphatic rings. The van der Waals surface area contributed by atoms with Gasteiger partial charge < -0.3 is 9.68 Å². The van der Waals surface area contributed by atoms with Crippen molar-refractivity contribution >= 4 is 29.1 Å². The van der Waals surface area contributed by atoms with Gasteiger partial charge in [0.15, 0.2) is 0 Å². The molecule has 2 nitrogen and oxygen atoms in total. The quantitative estimate of drug-likeness (QED) is 0.703. The number of hydrogen-bond donors (Lipinski definition) is 1. The molecule has 0 saturated heterocycles. The highest BCUT2D eigenvalue weighted by molar-refractivity contribution is 9.10. The molecule has 66 valence electrons. The number of fused-ring (bicyclic) bond motifs is 1. The summed E-state index contributed by atoms with van der Waals surface area (Å²) in [5.74, 6) is 2.38. The Labute approximate surface area is 85.5 Å². The van der Waals surface area contributed by atoms with Gasteiger partial charge in [0.2, 0.25) is 0 Å². The molecule has 1 aliphatic heterocycles. The molecule has 0 radical (unpaired) electrons. The van der Waals surface area contributed by atoms with Crippen molar-refractivity contribution in [3.63, 3.8) is 0 Å². The van der Waals surface area contributed by atoms with Gasteiger partial charge in [-0.05, 0) is 30.6 Å². The highest BCUT2D eigenvalue weighted by atomic mass is 79.9. The summed E-state index contributed by atoms with van der Waals surface area (Å²) in [6.07, 6.45) is 1.86. The molecule has 0 bridgehead atoms. The number of halogens is 1. The van der Waals surface area contributed by atoms with Gasteiger partial charge >= 0.3 is 7.12 Å². The molecule has 2 rings (SSSR count). The van der Waals surface area contributed by atoms with Gasteiger partial charge in [0.1, 0.15) is 5.75 Å². The minimum absolute atomic E-state index is 0.762. The molecule has 0 atom stereocenters. The van der Waals surface area contributed by atoms with E-state index in [0.717, 1.165) is 21.3 Å². The second-order valence-electron chi connectivity index (χ2n) is 3.01. The molecule has 1 heterocycles. The molecular weight excluding hydrogens is 231 g/mol. The van der Waals surface area contributed by atoms with Gasteiger partial charge in [0, 0.05) is 10.0 Å². The van der Waals surface area contributed by atoms with Crippen molar-refractivity contribution in [1.82, 2.24) is 0 Å². The Bertz CT molecular complexity index is 376. The number of benzene rings is 1. The van der Waals surface area contributed by atoms with Gasteiger partial charge in [0.25, 0.3) is 0 Å². The molecule has 0 spiro atoms. The third-order valence-electron chi connectivity index (χ3n) is 1.95. The van der Waals surface area contributed by atoms with Crippen LogP contribution >= 0.6 is 15.9 Å². The second kappa shape index (κ2) is 3.20. The van der Waals surface area contributed by atoms with Gasteiger partial charge in [-0.2, -0.15) is 0 Å². The minimum Gasteiger partial charge on any atom is -0.532 e. The van der Waals surface area contributed by atoms with Crippen molar-refractivity contribution in [3.8, 4) is 5.75 Å². The molecular formula is C9H8BBrO2. The van der Waals surface area contributed by atoms with Crippen LogP contribution in [0.25, 0.3) is 6.08 Å². The van der Waals surface area contributed by atoms with E-state index in [4.69, 9.17) is 4.65 Å². The SMILES string of the molecule is Cc1cc(Br)cc2c1OB(O)C=C2. The van der Waals surface area contributed by atoms with Crippen molar-refractivity contribution < 1.29 is 9.68 Å². The lowest BCUT2D eigenvalue weighted by Gasteiger charge is -2.17. The van der Waals surface area contributed by atoms with E-state index in [1.807, 2.05) is 25.1 Å². The van der Waals surface area contributed by atoms with Crippen LogP contribution in [0.4, 0.5) is 0 Å². The average molecular weight is 239 g/mol. The Morgan fingerprint density at radius 2 is 2.23 bits per heavy atom. The maximum absolute atomic E-state index is 9.23. The summed E-state index contributed by atoms with van der Waals surface area (Å²) in [7, 11) is -0.813. The Morgan fingerprint density at radius 1 is 1.46 bits per heavy atom. The minimum atomic E-state index is -0.813. The van der Waals surface area contributed by atoms with Gasteiger partial charge in [-0.15, -0.1) is 0 Å². The first-order valence-corrected chi connectivity index (χ1v) is 4.79. The third-order valence-corrected chi connectivity index (χ3v) is 2.40. The monoisotopic (exact) mass is 238 g/mol. The third kappa shape index (κ3) is 1.64. The lowest BCUT2D eigenvalue weighted by Crippen LogP contribution is -2.22. The van der Waals surface area contributed by atoms with E-state index in [-0.39, 0.29) is 0 Å². The molecule has 13 heavy (non-hydrogen) atoms. The van der Waals surface area contributed by atoms with Crippen LogP contribution in [0.3, 0.4) is 0 Å². The van der Waals surface area contributed by atoms with Gasteiger partial charge in [-0.1, -0.05) is 22.0 Å². The molecule has 1 aromatic rings. The molecule has 0 aliphatic carbocycles. The van der Waals surface area contributed by atoms with Crippen molar-refractivity contribution in [3.05, 3.63) is 33.7 Å². The van der Waals surface area contributed by atoms with Crippen LogP contribution in [0.5, 0.6) is 5.75 Å². The van der Waals surface area contributed by atoms with Crippen molar-refractivity contribution in [2.75, 3.05) is 0 Å². The van der Waals surface area contributed by atoms with Crippen LogP contribution in [-0.4, -0.2) is 12.1 Å². The lowest BCUT2D eigenvalue weighted by molar-refractivity contribution is 0.426. The van der Waals surface area contributed by atoms with E-state index in [2.05, 4.69) is 15.9 Å². The van der Waals surface area contributed by atoms with Crippen LogP contribution in [0.15, 0.2) is 22.6 Å². The zero-order chi connectivity index (χ0) is 9.42. The molecule has 0 aromatic heterocycles. The van der Waals surface area contributed by atoms with Crippen LogP contribution in [0.2, 0.25) is 0 Å². The normalized spacial score (nSPS) is 13.9. The summed E-state index contributed by atoms with van der Waals surface area (Å²) < 4.78 is 6.29. The molecule has 0 unspecified atom stereocenters. The summed E-state index contributed by atoms with van der Waals surface area (Å²) in [6, 6.07) is 3.93. The Morgan fingerprint density at radius 3 is 3.00 bits per heavy atom. The van der Waals surface area contributed by atoms with Gasteiger partial charge in [-0.25, -0.2) is 0 Å². The zero-order valence-corrected chi connectivity index (χ0v) is 8.71. The predicted molar refractivity (Wildman–Crippen MR) is 56.5 cm³/mol. The smallest absolute Gasteiger partial charge is 0.532 e. The van der Waals surface area contributed by atoms with E-state index < -0.39 is 7.12 Å². The van der Waals surface area contributed by atoms with Gasteiger partial charge in [0.05, 0.1) is 0 Å². The number of hydrogen-bond acceptors (Lipinski definition) is 2. The fourth-order valence-electron chi connectivity index (χ4n) is 1.39. The molecule has 1 aromatic carbocycles. The lowest BCUT2D eigenvalue weighted by atomic mass is 9.86. The number of aryl methyl sites for hydroxylation is 1. The van der Waals surface area contributed by atoms with Crippen LogP contribution < -0.4 is 4.65 Å². The Balaban J connectivity index is 2.56. The molecule has 0 saturated carbocycles. The molecule has 0 fully saturated rings. The fraction of sp³-hybridized carbons (Fsp3) is 0.111. The molecule has 4 heteroatoms. The highest BCUT2D eigenvalue weighted by Crippen LogP contribution is 2.31. The zero-order valence-electron chi connectivity index (χ0n) is 7.12. The number of rotatable bonds is 0. The van der Waals surface area contributed by atoms with E-state index in [9.17, 15) is 5.02 Å². The molecule has 0 amide bonds. The second-order valence-corrected chi connectivity index (χ2v) is 3.92. The summed E-state index contributed by atoms with van der Waals surface area (Å²) in [6.45, 7) is 1.95. The maximum atomic E-state index is 9.23. The van der Waals surface area contributed by atoms with Crippen LogP contribution in [-0.2, 0) is 0 Å². The van der Waals surface area contributed by atoms with E-state index >= 15 is 0 Å². The predicted octanol–water partition coefficient (Wildman–Crippen LogP) is 2.18. The van der Waals surface area contributed by atoms with E-state index in [0.29, 0.717) is 0 Å². The standard InChI is InChI=1S/C9H8BBrO2/c1-6-4-8(11)5-7-2-3-10(12)13-9(6)7/h2-5,12H,1H3. The molecule has 1 N–H and O–H groups in total. The first kappa shape index (κ1) is 8.85. The first-order valence-electron chi connectivity index (χ1n) is 4.00. The maximum Gasteiger partial charge on any atom is 0.552 e. The Hall–Kier alpha value is -0.735. The van der Waals surface area contributed by atoms with Crippen molar-refractivity contribution in [1.29, 1.82) is 0 Å². The van der Waals surface area contributed by atoms with Gasteiger partial charge in [-0.3, -0.25) is 0 Å².